The lowest BCUT2D eigenvalue weighted by Crippen LogP contribution is -2.46. The van der Waals surface area contributed by atoms with E-state index in [1.54, 1.807) is 0 Å². The molecule has 1 unspecified atom stereocenters. The van der Waals surface area contributed by atoms with E-state index in [4.69, 9.17) is 0 Å². The van der Waals surface area contributed by atoms with E-state index in [2.05, 4.69) is 90.6 Å². The molecule has 1 N–H and O–H groups in total. The average Bonchev–Trinajstić information content (AvgIpc) is 3.10. The molecule has 1 heterocycles. The highest BCUT2D eigenvalue weighted by Crippen LogP contribution is 2.44. The van der Waals surface area contributed by atoms with Crippen molar-refractivity contribution in [1.82, 2.24) is 9.47 Å². The third-order valence-corrected chi connectivity index (χ3v) is 6.57. The Labute approximate surface area is 162 Å². The first kappa shape index (κ1) is 18.3. The summed E-state index contributed by atoms with van der Waals surface area (Å²) in [5.74, 6) is 0.368. The van der Waals surface area contributed by atoms with Gasteiger partial charge in [-0.2, -0.15) is 0 Å². The maximum absolute atomic E-state index is 10.9. The van der Waals surface area contributed by atoms with Crippen LogP contribution >= 0.6 is 0 Å². The molecule has 27 heavy (non-hydrogen) atoms. The van der Waals surface area contributed by atoms with Crippen molar-refractivity contribution in [3.05, 3.63) is 72.6 Å². The molecule has 0 saturated heterocycles. The Kier molecular flexibility index (Phi) is 5.07. The minimum absolute atomic E-state index is 0.0968. The highest BCUT2D eigenvalue weighted by atomic mass is 16.3. The monoisotopic (exact) mass is 362 g/mol. The van der Waals surface area contributed by atoms with Gasteiger partial charge >= 0.3 is 0 Å². The number of nitrogens with zero attached hydrogens (tertiary/aromatic N) is 2. The van der Waals surface area contributed by atoms with E-state index in [-0.39, 0.29) is 11.6 Å². The number of rotatable bonds is 5. The van der Waals surface area contributed by atoms with Crippen LogP contribution in [0.5, 0.6) is 0 Å². The molecule has 0 spiro atoms. The zero-order valence-electron chi connectivity index (χ0n) is 16.4. The Morgan fingerprint density at radius 1 is 0.963 bits per heavy atom. The van der Waals surface area contributed by atoms with Crippen molar-refractivity contribution in [1.29, 1.82) is 0 Å². The molecule has 142 valence electrons. The van der Waals surface area contributed by atoms with E-state index in [9.17, 15) is 5.11 Å². The Bertz CT molecular complexity index is 843. The molecule has 0 amide bonds. The lowest BCUT2D eigenvalue weighted by molar-refractivity contribution is 0.0165. The predicted octanol–water partition coefficient (Wildman–Crippen LogP) is 4.65. The highest BCUT2D eigenvalue weighted by Gasteiger charge is 2.40. The van der Waals surface area contributed by atoms with Gasteiger partial charge in [-0.15, -0.1) is 0 Å². The van der Waals surface area contributed by atoms with Gasteiger partial charge in [0, 0.05) is 24.5 Å². The van der Waals surface area contributed by atoms with Gasteiger partial charge in [0.15, 0.2) is 0 Å². The number of aromatic nitrogens is 1. The molecular formula is C24H30N2O. The zero-order valence-corrected chi connectivity index (χ0v) is 16.4. The fourth-order valence-corrected chi connectivity index (χ4v) is 4.86. The van der Waals surface area contributed by atoms with Gasteiger partial charge in [-0.1, -0.05) is 54.6 Å². The summed E-state index contributed by atoms with van der Waals surface area (Å²) in [6.07, 6.45) is 8.33. The maximum atomic E-state index is 10.9. The van der Waals surface area contributed by atoms with Gasteiger partial charge in [-0.3, -0.25) is 4.90 Å². The summed E-state index contributed by atoms with van der Waals surface area (Å²) < 4.78 is 2.15. The molecule has 2 aromatic carbocycles. The number of fused-ring (bicyclic) bond motifs is 1. The zero-order chi connectivity index (χ0) is 18.9. The maximum Gasteiger partial charge on any atom is 0.0747 e. The fourth-order valence-electron chi connectivity index (χ4n) is 4.86. The summed E-state index contributed by atoms with van der Waals surface area (Å²) in [5, 5.41) is 13.4. The van der Waals surface area contributed by atoms with Gasteiger partial charge in [-0.25, -0.2) is 0 Å². The summed E-state index contributed by atoms with van der Waals surface area (Å²) in [7, 11) is 4.38. The Morgan fingerprint density at radius 2 is 1.52 bits per heavy atom. The van der Waals surface area contributed by atoms with E-state index in [0.717, 1.165) is 25.7 Å². The normalized spacial score (nSPS) is 24.4. The van der Waals surface area contributed by atoms with E-state index in [0.29, 0.717) is 12.5 Å². The lowest BCUT2D eigenvalue weighted by Gasteiger charge is -2.46. The van der Waals surface area contributed by atoms with E-state index < -0.39 is 0 Å². The molecule has 1 atom stereocenters. The predicted molar refractivity (Wildman–Crippen MR) is 112 cm³/mol. The van der Waals surface area contributed by atoms with E-state index in [1.165, 1.54) is 16.3 Å². The van der Waals surface area contributed by atoms with Crippen molar-refractivity contribution in [3.63, 3.8) is 0 Å². The minimum Gasteiger partial charge on any atom is -0.391 e. The molecule has 3 nitrogen and oxygen atoms in total. The van der Waals surface area contributed by atoms with Crippen LogP contribution in [0.4, 0.5) is 0 Å². The second-order valence-electron chi connectivity index (χ2n) is 8.28. The van der Waals surface area contributed by atoms with Crippen LogP contribution < -0.4 is 0 Å². The van der Waals surface area contributed by atoms with Gasteiger partial charge in [0.05, 0.1) is 6.10 Å². The molecule has 3 aromatic rings. The standard InChI is InChI=1S/C24H30N2O/c1-25(2)24(22-10-4-3-5-11-22)14-12-19(13-15-24)23(27)18-26-16-20-8-6-7-9-21(20)17-26/h3-11,16-17,19,23,27H,12-15,18H2,1-2H3. The van der Waals surface area contributed by atoms with Crippen LogP contribution in [-0.2, 0) is 12.1 Å². The summed E-state index contributed by atoms with van der Waals surface area (Å²) >= 11 is 0. The van der Waals surface area contributed by atoms with Crippen LogP contribution in [-0.4, -0.2) is 34.8 Å². The largest absolute Gasteiger partial charge is 0.391 e. The van der Waals surface area contributed by atoms with Crippen LogP contribution in [0.15, 0.2) is 67.0 Å². The van der Waals surface area contributed by atoms with Crippen molar-refractivity contribution >= 4 is 10.8 Å². The summed E-state index contributed by atoms with van der Waals surface area (Å²) in [4.78, 5) is 2.38. The third-order valence-electron chi connectivity index (χ3n) is 6.57. The molecule has 1 aliphatic carbocycles. The first-order valence-electron chi connectivity index (χ1n) is 10.0. The van der Waals surface area contributed by atoms with Crippen LogP contribution in [0.3, 0.4) is 0 Å². The molecule has 0 aliphatic heterocycles. The van der Waals surface area contributed by atoms with Crippen LogP contribution in [0.1, 0.15) is 31.2 Å². The molecular weight excluding hydrogens is 332 g/mol. The summed E-state index contributed by atoms with van der Waals surface area (Å²) in [5.41, 5.74) is 1.50. The SMILES string of the molecule is CN(C)C1(c2ccccc2)CCC(C(O)Cn2cc3ccccc3c2)CC1. The summed E-state index contributed by atoms with van der Waals surface area (Å²) in [6, 6.07) is 19.3. The molecule has 3 heteroatoms. The third kappa shape index (κ3) is 3.54. The number of aliphatic hydroxyl groups excluding tert-OH is 1. The smallest absolute Gasteiger partial charge is 0.0747 e. The second kappa shape index (κ2) is 7.49. The fraction of sp³-hybridized carbons (Fsp3) is 0.417. The minimum atomic E-state index is -0.289. The van der Waals surface area contributed by atoms with Crippen molar-refractivity contribution in [2.24, 2.45) is 5.92 Å². The van der Waals surface area contributed by atoms with Gasteiger partial charge in [0.1, 0.15) is 0 Å². The molecule has 1 aliphatic rings. The number of aliphatic hydroxyl groups is 1. The molecule has 4 rings (SSSR count). The quantitative estimate of drug-likeness (QED) is 0.716. The van der Waals surface area contributed by atoms with Gasteiger partial charge in [0.25, 0.3) is 0 Å². The molecule has 1 aromatic heterocycles. The molecule has 1 fully saturated rings. The van der Waals surface area contributed by atoms with Crippen molar-refractivity contribution in [2.45, 2.75) is 43.9 Å². The van der Waals surface area contributed by atoms with Crippen LogP contribution in [0, 0.1) is 5.92 Å². The topological polar surface area (TPSA) is 28.4 Å². The number of benzene rings is 2. The number of hydrogen-bond donors (Lipinski definition) is 1. The van der Waals surface area contributed by atoms with Gasteiger partial charge < -0.3 is 9.67 Å². The van der Waals surface area contributed by atoms with Crippen LogP contribution in [0.25, 0.3) is 10.8 Å². The van der Waals surface area contributed by atoms with E-state index >= 15 is 0 Å². The van der Waals surface area contributed by atoms with Crippen LogP contribution in [0.2, 0.25) is 0 Å². The van der Waals surface area contributed by atoms with Crippen molar-refractivity contribution in [2.75, 3.05) is 14.1 Å². The highest BCUT2D eigenvalue weighted by molar-refractivity contribution is 5.82. The molecule has 1 saturated carbocycles. The van der Waals surface area contributed by atoms with Crippen molar-refractivity contribution in [3.8, 4) is 0 Å². The Morgan fingerprint density at radius 3 is 2.07 bits per heavy atom. The lowest BCUT2D eigenvalue weighted by atomic mass is 9.70. The first-order chi connectivity index (χ1) is 13.1. The van der Waals surface area contributed by atoms with E-state index in [1.807, 2.05) is 0 Å². The second-order valence-corrected chi connectivity index (χ2v) is 8.28. The van der Waals surface area contributed by atoms with Gasteiger partial charge in [-0.05, 0) is 62.0 Å². The number of hydrogen-bond acceptors (Lipinski definition) is 2. The summed E-state index contributed by atoms with van der Waals surface area (Å²) in [6.45, 7) is 0.680. The van der Waals surface area contributed by atoms with Gasteiger partial charge in [0.2, 0.25) is 0 Å². The molecule has 0 radical (unpaired) electrons. The molecule has 0 bridgehead atoms. The average molecular weight is 363 g/mol. The first-order valence-corrected chi connectivity index (χ1v) is 10.0. The Balaban J connectivity index is 1.44. The van der Waals surface area contributed by atoms with Crippen molar-refractivity contribution < 1.29 is 5.11 Å². The Hall–Kier alpha value is -2.10.